The quantitative estimate of drug-likeness (QED) is 0.0514. The number of carbonyl (C=O) groups excluding carboxylic acids is 2. The summed E-state index contributed by atoms with van der Waals surface area (Å²) in [4.78, 5) is 74.4. The molecule has 4 aromatic rings. The van der Waals surface area contributed by atoms with Crippen molar-refractivity contribution in [3.63, 3.8) is 0 Å². The predicted octanol–water partition coefficient (Wildman–Crippen LogP) is 1.03. The van der Waals surface area contributed by atoms with Crippen molar-refractivity contribution in [1.82, 2.24) is 43.9 Å². The molecule has 2 fully saturated rings. The highest BCUT2D eigenvalue weighted by molar-refractivity contribution is 5.86. The van der Waals surface area contributed by atoms with Crippen LogP contribution in [0.25, 0.3) is 22.3 Å². The molecule has 0 spiro atoms. The number of aromatic nitrogens is 8. The van der Waals surface area contributed by atoms with E-state index in [2.05, 4.69) is 30.6 Å². The highest BCUT2D eigenvalue weighted by atomic mass is 16.6. The number of nitrogens with zero attached hydrogens (tertiary/aromatic N) is 7. The number of unbranched alkanes of at least 4 members (excludes halogenated alkanes) is 1. The Morgan fingerprint density at radius 1 is 1.02 bits per heavy atom. The number of carbonyl (C=O) groups is 2. The molecule has 6 atom stereocenters. The number of anilines is 1. The Morgan fingerprint density at radius 3 is 2.42 bits per heavy atom. The first kappa shape index (κ1) is 43.8. The lowest BCUT2D eigenvalue weighted by Gasteiger charge is -2.28. The van der Waals surface area contributed by atoms with Gasteiger partial charge in [0.2, 0.25) is 5.91 Å². The summed E-state index contributed by atoms with van der Waals surface area (Å²) in [6.45, 7) is 8.43. The molecular formula is C39H59N11O9. The molecular weight excluding hydrogens is 766 g/mol. The second kappa shape index (κ2) is 19.5. The number of aliphatic hydroxyl groups excluding tert-OH is 3. The molecule has 0 radical (unpaired) electrons. The van der Waals surface area contributed by atoms with E-state index in [-0.39, 0.29) is 54.0 Å². The van der Waals surface area contributed by atoms with Gasteiger partial charge in [0.15, 0.2) is 28.9 Å². The van der Waals surface area contributed by atoms with E-state index in [1.165, 1.54) is 21.8 Å². The number of hydrogen-bond acceptors (Lipinski definition) is 15. The van der Waals surface area contributed by atoms with Crippen LogP contribution in [0.5, 0.6) is 0 Å². The summed E-state index contributed by atoms with van der Waals surface area (Å²) >= 11 is 0. The summed E-state index contributed by atoms with van der Waals surface area (Å²) in [7, 11) is 0. The maximum atomic E-state index is 13.6. The number of ether oxygens (including phenoxy) is 2. The Labute approximate surface area is 340 Å². The van der Waals surface area contributed by atoms with E-state index >= 15 is 0 Å². The second-order valence-corrected chi connectivity index (χ2v) is 16.0. The van der Waals surface area contributed by atoms with Gasteiger partial charge in [-0.3, -0.25) is 23.3 Å². The van der Waals surface area contributed by atoms with E-state index in [9.17, 15) is 34.5 Å². The molecule has 4 aromatic heterocycles. The first-order valence-corrected chi connectivity index (χ1v) is 20.9. The topological polar surface area (TPSA) is 280 Å². The van der Waals surface area contributed by atoms with Crippen molar-refractivity contribution in [1.29, 1.82) is 0 Å². The zero-order valence-corrected chi connectivity index (χ0v) is 34.2. The third-order valence-corrected chi connectivity index (χ3v) is 11.5. The van der Waals surface area contributed by atoms with E-state index in [0.717, 1.165) is 0 Å². The molecule has 1 aliphatic carbocycles. The van der Waals surface area contributed by atoms with Gasteiger partial charge in [0, 0.05) is 24.9 Å². The van der Waals surface area contributed by atoms with E-state index in [0.29, 0.717) is 105 Å². The van der Waals surface area contributed by atoms with Gasteiger partial charge in [0.1, 0.15) is 48.6 Å². The van der Waals surface area contributed by atoms with Crippen molar-refractivity contribution in [2.45, 2.75) is 141 Å². The minimum atomic E-state index is -1.42. The Hall–Kier alpha value is -4.76. The number of H-pyrrole nitrogens is 1. The van der Waals surface area contributed by atoms with Gasteiger partial charge in [-0.05, 0) is 70.3 Å². The van der Waals surface area contributed by atoms with Crippen LogP contribution in [0.2, 0.25) is 0 Å². The molecule has 20 nitrogen and oxygen atoms in total. The van der Waals surface area contributed by atoms with Crippen LogP contribution in [0.15, 0.2) is 22.2 Å². The molecule has 20 heteroatoms. The zero-order valence-electron chi connectivity index (χ0n) is 34.2. The van der Waals surface area contributed by atoms with E-state index in [4.69, 9.17) is 20.2 Å². The standard InChI is InChI=1S/C39H59N11O9/c1-5-15-48-34-28(36(55)49(16-6-2)39(48)57)46-31(47-34)22-10-12-23(13-11-22)35(54)45-24(9-7-8-14-40)38(56)58-18-26-29(52)30(53)37(59-26)50-20-43-27-32(41-19-42-33(27)50)44-25(17-51)21(3)4/h19-26,29-30,37,51-53H,5-18,40H2,1-4H3,(H,45,54)(H,46,47)(H,41,42,44)/t22?,23?,24-,25-,26+,29+,30+,37+/m0/s1. The largest absolute Gasteiger partial charge is 0.461 e. The molecule has 1 saturated heterocycles. The van der Waals surface area contributed by atoms with Crippen LogP contribution in [-0.2, 0) is 32.2 Å². The molecule has 324 valence electrons. The van der Waals surface area contributed by atoms with Crippen molar-refractivity contribution >= 4 is 40.0 Å². The van der Waals surface area contributed by atoms with Gasteiger partial charge < -0.3 is 46.1 Å². The minimum absolute atomic E-state index is 0.0482. The van der Waals surface area contributed by atoms with Crippen LogP contribution < -0.4 is 27.6 Å². The summed E-state index contributed by atoms with van der Waals surface area (Å²) in [5.41, 5.74) is 6.34. The van der Waals surface area contributed by atoms with Gasteiger partial charge in [-0.15, -0.1) is 0 Å². The number of amides is 1. The van der Waals surface area contributed by atoms with Gasteiger partial charge in [-0.1, -0.05) is 27.7 Å². The number of aromatic amines is 1. The van der Waals surface area contributed by atoms with Gasteiger partial charge in [-0.2, -0.15) is 0 Å². The minimum Gasteiger partial charge on any atom is -0.461 e. The number of hydrogen-bond donors (Lipinski definition) is 7. The predicted molar refractivity (Wildman–Crippen MR) is 216 cm³/mol. The Balaban J connectivity index is 1.07. The third kappa shape index (κ3) is 9.35. The fourth-order valence-electron chi connectivity index (χ4n) is 7.99. The van der Waals surface area contributed by atoms with Gasteiger partial charge in [-0.25, -0.2) is 29.5 Å². The van der Waals surface area contributed by atoms with Crippen molar-refractivity contribution in [2.75, 3.05) is 25.1 Å². The molecule has 1 aliphatic heterocycles. The van der Waals surface area contributed by atoms with Crippen molar-refractivity contribution in [3.8, 4) is 0 Å². The third-order valence-electron chi connectivity index (χ3n) is 11.5. The number of nitrogens with one attached hydrogen (secondary N) is 3. The van der Waals surface area contributed by atoms with Crippen molar-refractivity contribution < 1.29 is 34.4 Å². The molecule has 59 heavy (non-hydrogen) atoms. The fraction of sp³-hybridized carbons (Fsp3) is 0.692. The Kier molecular flexibility index (Phi) is 14.5. The lowest BCUT2D eigenvalue weighted by atomic mass is 9.81. The van der Waals surface area contributed by atoms with Crippen LogP contribution in [-0.4, -0.2) is 116 Å². The highest BCUT2D eigenvalue weighted by Gasteiger charge is 2.45. The number of fused-ring (bicyclic) bond motifs is 2. The summed E-state index contributed by atoms with van der Waals surface area (Å²) in [5.74, 6) is -0.300. The maximum absolute atomic E-state index is 13.6. The summed E-state index contributed by atoms with van der Waals surface area (Å²) in [5, 5.41) is 37.8. The first-order valence-electron chi connectivity index (χ1n) is 20.9. The molecule has 8 N–H and O–H groups in total. The molecule has 5 heterocycles. The molecule has 1 saturated carbocycles. The first-order chi connectivity index (χ1) is 28.4. The normalized spacial score (nSPS) is 23.2. The number of aryl methyl sites for hydroxylation is 1. The average molecular weight is 826 g/mol. The smallest absolute Gasteiger partial charge is 0.332 e. The van der Waals surface area contributed by atoms with Crippen LogP contribution in [0.4, 0.5) is 5.82 Å². The fourth-order valence-corrected chi connectivity index (χ4v) is 7.99. The zero-order chi connectivity index (χ0) is 42.4. The van der Waals surface area contributed by atoms with Crippen molar-refractivity contribution in [2.24, 2.45) is 17.6 Å². The lowest BCUT2D eigenvalue weighted by molar-refractivity contribution is -0.154. The second-order valence-electron chi connectivity index (χ2n) is 16.0. The van der Waals surface area contributed by atoms with Gasteiger partial charge in [0.25, 0.3) is 5.56 Å². The molecule has 0 aromatic carbocycles. The maximum Gasteiger partial charge on any atom is 0.332 e. The lowest BCUT2D eigenvalue weighted by Crippen LogP contribution is -2.46. The van der Waals surface area contributed by atoms with E-state index in [1.807, 2.05) is 27.7 Å². The summed E-state index contributed by atoms with van der Waals surface area (Å²) in [6.07, 6.45) is 2.76. The average Bonchev–Trinajstić information content (AvgIpc) is 3.95. The summed E-state index contributed by atoms with van der Waals surface area (Å²) < 4.78 is 15.9. The van der Waals surface area contributed by atoms with Crippen molar-refractivity contribution in [3.05, 3.63) is 39.3 Å². The Morgan fingerprint density at radius 2 is 1.75 bits per heavy atom. The van der Waals surface area contributed by atoms with Gasteiger partial charge in [0.05, 0.1) is 19.0 Å². The Bertz CT molecular complexity index is 2170. The van der Waals surface area contributed by atoms with Crippen LogP contribution in [0.3, 0.4) is 0 Å². The molecule has 1 amide bonds. The van der Waals surface area contributed by atoms with Crippen LogP contribution in [0, 0.1) is 11.8 Å². The molecule has 0 unspecified atom stereocenters. The summed E-state index contributed by atoms with van der Waals surface area (Å²) in [6, 6.07) is -1.27. The number of aliphatic hydroxyl groups is 3. The molecule has 2 aliphatic rings. The number of esters is 1. The molecule has 0 bridgehead atoms. The van der Waals surface area contributed by atoms with Gasteiger partial charge >= 0.3 is 11.7 Å². The number of nitrogens with two attached hydrogens (primary N) is 1. The van der Waals surface area contributed by atoms with Crippen LogP contribution >= 0.6 is 0 Å². The monoisotopic (exact) mass is 825 g/mol. The van der Waals surface area contributed by atoms with E-state index < -0.39 is 43.2 Å². The van der Waals surface area contributed by atoms with Crippen LogP contribution in [0.1, 0.15) is 103 Å². The SMILES string of the molecule is CCCn1c(=O)c2[nH]c(C3CCC(C(=O)N[C@@H](CCCCN)C(=O)OC[C@H]4O[C@@H](n5cnc6c(N[C@@H](CO)C(C)C)ncnc65)[C@H](O)[C@@H]4O)CC3)nc2n(CCC)c1=O. The number of rotatable bonds is 19. The molecule has 6 rings (SSSR count). The number of imidazole rings is 2. The van der Waals surface area contributed by atoms with E-state index in [1.54, 1.807) is 4.57 Å². The highest BCUT2D eigenvalue weighted by Crippen LogP contribution is 2.36.